The Bertz CT molecular complexity index is 299. The molecule has 0 bridgehead atoms. The van der Waals surface area contributed by atoms with Crippen LogP contribution in [-0.2, 0) is 14.4 Å². The zero-order valence-electron chi connectivity index (χ0n) is 9.70. The van der Waals surface area contributed by atoms with Gasteiger partial charge in [-0.2, -0.15) is 0 Å². The van der Waals surface area contributed by atoms with Gasteiger partial charge in [-0.05, 0) is 20.8 Å². The highest BCUT2D eigenvalue weighted by Crippen LogP contribution is 2.18. The lowest BCUT2D eigenvalue weighted by atomic mass is 10.1. The molecule has 6 heteroatoms. The molecule has 16 heavy (non-hydrogen) atoms. The Morgan fingerprint density at radius 3 is 2.81 bits per heavy atom. The van der Waals surface area contributed by atoms with Crippen LogP contribution in [-0.4, -0.2) is 28.9 Å². The van der Waals surface area contributed by atoms with E-state index in [2.05, 4.69) is 5.16 Å². The number of esters is 1. The normalized spacial score (nSPS) is 22.3. The van der Waals surface area contributed by atoms with Crippen LogP contribution >= 0.6 is 11.6 Å². The second kappa shape index (κ2) is 5.01. The number of oxime groups is 1. The minimum absolute atomic E-state index is 0.227. The molecule has 0 fully saturated rings. The van der Waals surface area contributed by atoms with Crippen molar-refractivity contribution in [3.63, 3.8) is 0 Å². The molecule has 0 saturated carbocycles. The van der Waals surface area contributed by atoms with Crippen LogP contribution in [0, 0.1) is 0 Å². The number of rotatable bonds is 3. The first-order valence-corrected chi connectivity index (χ1v) is 5.52. The van der Waals surface area contributed by atoms with Crippen LogP contribution in [0.2, 0.25) is 0 Å². The molecule has 92 valence electrons. The van der Waals surface area contributed by atoms with Gasteiger partial charge >= 0.3 is 5.97 Å². The van der Waals surface area contributed by atoms with E-state index < -0.39 is 17.6 Å². The van der Waals surface area contributed by atoms with E-state index in [4.69, 9.17) is 26.9 Å². The summed E-state index contributed by atoms with van der Waals surface area (Å²) in [5.74, 6) is -0.431. The summed E-state index contributed by atoms with van der Waals surface area (Å²) in [6.45, 7) is 5.39. The van der Waals surface area contributed by atoms with Crippen molar-refractivity contribution in [1.82, 2.24) is 0 Å². The second-order valence-corrected chi connectivity index (χ2v) is 5.21. The molecule has 2 atom stereocenters. The number of ether oxygens (including phenoxy) is 1. The first-order valence-electron chi connectivity index (χ1n) is 5.14. The fourth-order valence-corrected chi connectivity index (χ4v) is 1.49. The first kappa shape index (κ1) is 13.3. The van der Waals surface area contributed by atoms with Crippen molar-refractivity contribution >= 4 is 22.7 Å². The number of carbonyl (C=O) groups is 1. The van der Waals surface area contributed by atoms with Gasteiger partial charge in [0.15, 0.2) is 0 Å². The largest absolute Gasteiger partial charge is 0.459 e. The zero-order chi connectivity index (χ0) is 12.3. The number of halogens is 1. The van der Waals surface area contributed by atoms with Gasteiger partial charge in [-0.3, -0.25) is 4.79 Å². The summed E-state index contributed by atoms with van der Waals surface area (Å²) in [7, 11) is 0. The summed E-state index contributed by atoms with van der Waals surface area (Å²) >= 11 is 5.64. The van der Waals surface area contributed by atoms with E-state index >= 15 is 0 Å². The van der Waals surface area contributed by atoms with Gasteiger partial charge < -0.3 is 15.3 Å². The van der Waals surface area contributed by atoms with Crippen LogP contribution in [0.3, 0.4) is 0 Å². The van der Waals surface area contributed by atoms with Gasteiger partial charge in [-0.15, -0.1) is 0 Å². The number of nitrogens with zero attached hydrogens (tertiary/aromatic N) is 1. The fourth-order valence-electron chi connectivity index (χ4n) is 1.28. The molecule has 1 heterocycles. The molecule has 0 unspecified atom stereocenters. The van der Waals surface area contributed by atoms with Gasteiger partial charge in [0.1, 0.15) is 22.9 Å². The summed E-state index contributed by atoms with van der Waals surface area (Å²) in [5, 5.41) is 3.98. The van der Waals surface area contributed by atoms with E-state index in [1.807, 2.05) is 0 Å². The van der Waals surface area contributed by atoms with E-state index in [-0.39, 0.29) is 6.10 Å². The summed E-state index contributed by atoms with van der Waals surface area (Å²) in [4.78, 5) is 16.5. The maximum absolute atomic E-state index is 11.6. The summed E-state index contributed by atoms with van der Waals surface area (Å²) < 4.78 is 5.15. The smallest absolute Gasteiger partial charge is 0.323 e. The number of nitrogens with two attached hydrogens (primary N) is 1. The van der Waals surface area contributed by atoms with Crippen molar-refractivity contribution in [1.29, 1.82) is 0 Å². The quantitative estimate of drug-likeness (QED) is 0.766. The molecular weight excluding hydrogens is 232 g/mol. The molecule has 0 radical (unpaired) electrons. The van der Waals surface area contributed by atoms with Gasteiger partial charge in [0, 0.05) is 12.8 Å². The summed E-state index contributed by atoms with van der Waals surface area (Å²) in [5.41, 5.74) is 5.17. The third kappa shape index (κ3) is 4.37. The van der Waals surface area contributed by atoms with Crippen molar-refractivity contribution in [2.24, 2.45) is 10.9 Å². The Kier molecular flexibility index (Phi) is 4.15. The minimum Gasteiger partial charge on any atom is -0.459 e. The van der Waals surface area contributed by atoms with Crippen LogP contribution in [0.1, 0.15) is 33.6 Å². The maximum Gasteiger partial charge on any atom is 0.323 e. The van der Waals surface area contributed by atoms with Crippen LogP contribution in [0.4, 0.5) is 0 Å². The molecule has 1 rings (SSSR count). The van der Waals surface area contributed by atoms with Gasteiger partial charge in [-0.25, -0.2) is 0 Å². The lowest BCUT2D eigenvalue weighted by Crippen LogP contribution is -2.39. The number of carbonyl (C=O) groups excluding carboxylic acids is 1. The Hall–Kier alpha value is -0.810. The highest BCUT2D eigenvalue weighted by Gasteiger charge is 2.28. The Morgan fingerprint density at radius 2 is 2.38 bits per heavy atom. The van der Waals surface area contributed by atoms with Gasteiger partial charge in [0.25, 0.3) is 0 Å². The van der Waals surface area contributed by atoms with Crippen molar-refractivity contribution < 1.29 is 14.4 Å². The third-order valence-corrected chi connectivity index (χ3v) is 2.15. The van der Waals surface area contributed by atoms with Crippen molar-refractivity contribution in [2.45, 2.75) is 51.4 Å². The lowest BCUT2D eigenvalue weighted by molar-refractivity contribution is -0.157. The fraction of sp³-hybridized carbons (Fsp3) is 0.800. The standard InChI is InChI=1S/C10H17ClN2O3/c1-10(2,3)15-9(14)7(12)4-6-5-8(11)13-16-6/h6-7H,4-5,12H2,1-3H3/t6-,7-/m1/s1. The summed E-state index contributed by atoms with van der Waals surface area (Å²) in [6, 6.07) is -0.706. The van der Waals surface area contributed by atoms with Crippen LogP contribution in [0.25, 0.3) is 0 Å². The van der Waals surface area contributed by atoms with Crippen LogP contribution in [0.15, 0.2) is 5.16 Å². The molecular formula is C10H17ClN2O3. The lowest BCUT2D eigenvalue weighted by Gasteiger charge is -2.22. The highest BCUT2D eigenvalue weighted by molar-refractivity contribution is 6.65. The highest BCUT2D eigenvalue weighted by atomic mass is 35.5. The van der Waals surface area contributed by atoms with Crippen molar-refractivity contribution in [3.05, 3.63) is 0 Å². The first-order chi connectivity index (χ1) is 7.28. The monoisotopic (exact) mass is 248 g/mol. The Morgan fingerprint density at radius 1 is 1.75 bits per heavy atom. The topological polar surface area (TPSA) is 73.9 Å². The molecule has 0 aliphatic carbocycles. The average molecular weight is 249 g/mol. The minimum atomic E-state index is -0.706. The van der Waals surface area contributed by atoms with Crippen LogP contribution < -0.4 is 5.73 Å². The Labute approximate surface area is 99.9 Å². The predicted octanol–water partition coefficient (Wildman–Crippen LogP) is 1.39. The van der Waals surface area contributed by atoms with E-state index in [0.717, 1.165) is 0 Å². The molecule has 1 aliphatic rings. The molecule has 0 aromatic heterocycles. The molecule has 2 N–H and O–H groups in total. The second-order valence-electron chi connectivity index (χ2n) is 4.77. The average Bonchev–Trinajstić information content (AvgIpc) is 2.48. The van der Waals surface area contributed by atoms with E-state index in [1.165, 1.54) is 0 Å². The molecule has 0 saturated heterocycles. The molecule has 0 amide bonds. The summed E-state index contributed by atoms with van der Waals surface area (Å²) in [6.07, 6.45) is 0.627. The zero-order valence-corrected chi connectivity index (χ0v) is 10.5. The maximum atomic E-state index is 11.6. The van der Waals surface area contributed by atoms with Gasteiger partial charge in [0.2, 0.25) is 0 Å². The van der Waals surface area contributed by atoms with Crippen molar-refractivity contribution in [2.75, 3.05) is 0 Å². The predicted molar refractivity (Wildman–Crippen MR) is 61.2 cm³/mol. The van der Waals surface area contributed by atoms with E-state index in [9.17, 15) is 4.79 Å². The number of hydrogen-bond acceptors (Lipinski definition) is 5. The van der Waals surface area contributed by atoms with Crippen molar-refractivity contribution in [3.8, 4) is 0 Å². The van der Waals surface area contributed by atoms with Gasteiger partial charge in [-0.1, -0.05) is 16.8 Å². The molecule has 0 aromatic carbocycles. The van der Waals surface area contributed by atoms with Gasteiger partial charge in [0.05, 0.1) is 0 Å². The van der Waals surface area contributed by atoms with E-state index in [0.29, 0.717) is 18.0 Å². The molecule has 0 spiro atoms. The Balaban J connectivity index is 2.35. The SMILES string of the molecule is CC(C)(C)OC(=O)[C@H](N)C[C@@H]1CC(Cl)=NO1. The van der Waals surface area contributed by atoms with Crippen LogP contribution in [0.5, 0.6) is 0 Å². The third-order valence-electron chi connectivity index (χ3n) is 1.92. The van der Waals surface area contributed by atoms with E-state index in [1.54, 1.807) is 20.8 Å². The molecule has 5 nitrogen and oxygen atoms in total. The number of hydrogen-bond donors (Lipinski definition) is 1. The molecule has 0 aromatic rings. The molecule has 1 aliphatic heterocycles.